The molecule has 2 aromatic rings. The van der Waals surface area contributed by atoms with Crippen LogP contribution in [0.4, 0.5) is 5.69 Å². The number of likely N-dealkylation sites (tertiary alicyclic amines) is 1. The minimum Gasteiger partial charge on any atom is -0.461 e. The highest BCUT2D eigenvalue weighted by atomic mass is 16.3. The van der Waals surface area contributed by atoms with E-state index < -0.39 is 0 Å². The van der Waals surface area contributed by atoms with Gasteiger partial charge in [-0.3, -0.25) is 0 Å². The molecule has 2 N–H and O–H groups in total. The number of hydrogen-bond acceptors (Lipinski definition) is 2. The molecule has 0 radical (unpaired) electrons. The van der Waals surface area contributed by atoms with Crippen molar-refractivity contribution in [2.75, 3.05) is 13.1 Å². The molecule has 1 fully saturated rings. The summed E-state index contributed by atoms with van der Waals surface area (Å²) in [5, 5.41) is 0. The number of rotatable bonds is 2. The first-order valence-corrected chi connectivity index (χ1v) is 7.10. The quantitative estimate of drug-likeness (QED) is 0.680. The normalized spacial score (nSPS) is 16.5. The maximum Gasteiger partial charge on any atom is 0.227 e. The third-order valence-corrected chi connectivity index (χ3v) is 3.37. The van der Waals surface area contributed by atoms with Crippen molar-refractivity contribution in [3.05, 3.63) is 54.5 Å². The fourth-order valence-electron chi connectivity index (χ4n) is 2.29. The molecule has 0 unspecified atom stereocenters. The Balaban J connectivity index is 1.93. The summed E-state index contributed by atoms with van der Waals surface area (Å²) in [6.07, 6.45) is 3.90. The van der Waals surface area contributed by atoms with Crippen LogP contribution in [0.2, 0.25) is 0 Å². The first-order valence-electron chi connectivity index (χ1n) is 7.10. The summed E-state index contributed by atoms with van der Waals surface area (Å²) in [6, 6.07) is 13.4. The largest absolute Gasteiger partial charge is 0.461 e. The van der Waals surface area contributed by atoms with Gasteiger partial charge in [-0.25, -0.2) is 4.99 Å². The standard InChI is InChI=1S/C16H18N4O/c17-15(14-9-6-12-21-14)19-16(20-10-4-5-11-20)18-13-7-2-1-3-8-13/h1-3,6-9,12H,4-5,10-11H2,(H2,17,18,19). The number of para-hydroxylation sites is 1. The van der Waals surface area contributed by atoms with E-state index in [1.165, 1.54) is 0 Å². The lowest BCUT2D eigenvalue weighted by Gasteiger charge is -2.16. The minimum absolute atomic E-state index is 0.349. The fourth-order valence-corrected chi connectivity index (χ4v) is 2.29. The van der Waals surface area contributed by atoms with E-state index >= 15 is 0 Å². The van der Waals surface area contributed by atoms with Crippen LogP contribution in [0.5, 0.6) is 0 Å². The Morgan fingerprint density at radius 1 is 1.05 bits per heavy atom. The SMILES string of the molecule is N/C(=N/C(=Nc1ccccc1)N1CCCC1)c1ccco1. The number of amidine groups is 1. The van der Waals surface area contributed by atoms with Crippen LogP contribution in [0, 0.1) is 0 Å². The van der Waals surface area contributed by atoms with Gasteiger partial charge in [0.1, 0.15) is 0 Å². The third kappa shape index (κ3) is 3.31. The highest BCUT2D eigenvalue weighted by Gasteiger charge is 2.17. The van der Waals surface area contributed by atoms with Crippen LogP contribution in [-0.4, -0.2) is 29.8 Å². The van der Waals surface area contributed by atoms with Crippen molar-refractivity contribution in [2.24, 2.45) is 15.7 Å². The third-order valence-electron chi connectivity index (χ3n) is 3.37. The van der Waals surface area contributed by atoms with Crippen LogP contribution in [0.15, 0.2) is 63.1 Å². The lowest BCUT2D eigenvalue weighted by Crippen LogP contribution is -2.28. The number of furan rings is 1. The molecule has 0 aliphatic carbocycles. The van der Waals surface area contributed by atoms with Crippen molar-refractivity contribution >= 4 is 17.5 Å². The van der Waals surface area contributed by atoms with Gasteiger partial charge in [0.05, 0.1) is 12.0 Å². The smallest absolute Gasteiger partial charge is 0.227 e. The van der Waals surface area contributed by atoms with Crippen molar-refractivity contribution < 1.29 is 4.42 Å². The summed E-state index contributed by atoms with van der Waals surface area (Å²) in [5.74, 6) is 1.56. The van der Waals surface area contributed by atoms with E-state index in [4.69, 9.17) is 10.2 Å². The second-order valence-electron chi connectivity index (χ2n) is 4.92. The fraction of sp³-hybridized carbons (Fsp3) is 0.250. The van der Waals surface area contributed by atoms with Crippen molar-refractivity contribution in [3.63, 3.8) is 0 Å². The molecule has 5 heteroatoms. The van der Waals surface area contributed by atoms with Gasteiger partial charge in [0.15, 0.2) is 11.6 Å². The first-order chi connectivity index (χ1) is 10.3. The molecule has 1 aromatic heterocycles. The van der Waals surface area contributed by atoms with E-state index in [1.807, 2.05) is 30.3 Å². The Morgan fingerprint density at radius 2 is 1.81 bits per heavy atom. The first kappa shape index (κ1) is 13.4. The van der Waals surface area contributed by atoms with E-state index in [2.05, 4.69) is 14.9 Å². The molecule has 0 atom stereocenters. The second kappa shape index (κ2) is 6.26. The van der Waals surface area contributed by atoms with E-state index in [-0.39, 0.29) is 0 Å². The monoisotopic (exact) mass is 282 g/mol. The molecule has 0 bridgehead atoms. The Hall–Kier alpha value is -2.56. The summed E-state index contributed by atoms with van der Waals surface area (Å²) >= 11 is 0. The summed E-state index contributed by atoms with van der Waals surface area (Å²) in [6.45, 7) is 1.92. The van der Waals surface area contributed by atoms with Gasteiger partial charge in [-0.2, -0.15) is 4.99 Å². The molecule has 21 heavy (non-hydrogen) atoms. The zero-order valence-corrected chi connectivity index (χ0v) is 11.8. The van der Waals surface area contributed by atoms with Gasteiger partial charge in [-0.15, -0.1) is 0 Å². The van der Waals surface area contributed by atoms with Crippen LogP contribution >= 0.6 is 0 Å². The van der Waals surface area contributed by atoms with Crippen LogP contribution in [0.1, 0.15) is 18.6 Å². The van der Waals surface area contributed by atoms with E-state index in [1.54, 1.807) is 18.4 Å². The summed E-state index contributed by atoms with van der Waals surface area (Å²) in [7, 11) is 0. The van der Waals surface area contributed by atoms with Crippen LogP contribution in [0.25, 0.3) is 0 Å². The molecule has 108 valence electrons. The van der Waals surface area contributed by atoms with Gasteiger partial charge in [-0.05, 0) is 37.1 Å². The summed E-state index contributed by atoms with van der Waals surface area (Å²) in [4.78, 5) is 11.3. The Bertz CT molecular complexity index is 626. The molecule has 0 spiro atoms. The van der Waals surface area contributed by atoms with Gasteiger partial charge >= 0.3 is 0 Å². The van der Waals surface area contributed by atoms with Gasteiger partial charge in [0.25, 0.3) is 0 Å². The number of hydrogen-bond donors (Lipinski definition) is 1. The lowest BCUT2D eigenvalue weighted by molar-refractivity contribution is 0.513. The van der Waals surface area contributed by atoms with Crippen molar-refractivity contribution in [1.82, 2.24) is 4.90 Å². The Morgan fingerprint density at radius 3 is 2.48 bits per heavy atom. The molecule has 5 nitrogen and oxygen atoms in total. The molecule has 1 aliphatic rings. The molecule has 2 heterocycles. The second-order valence-corrected chi connectivity index (χ2v) is 4.92. The molecular weight excluding hydrogens is 264 g/mol. The van der Waals surface area contributed by atoms with Gasteiger partial charge in [0.2, 0.25) is 5.96 Å². The van der Waals surface area contributed by atoms with Crippen LogP contribution in [-0.2, 0) is 0 Å². The van der Waals surface area contributed by atoms with E-state index in [0.717, 1.165) is 31.6 Å². The van der Waals surface area contributed by atoms with E-state index in [0.29, 0.717) is 17.6 Å². The van der Waals surface area contributed by atoms with Crippen LogP contribution < -0.4 is 5.73 Å². The van der Waals surface area contributed by atoms with Gasteiger partial charge in [0, 0.05) is 13.1 Å². The molecule has 3 rings (SSSR count). The molecule has 1 aliphatic heterocycles. The minimum atomic E-state index is 0.349. The molecule has 0 saturated carbocycles. The molecule has 0 amide bonds. The Kier molecular flexibility index (Phi) is 4.00. The number of guanidine groups is 1. The van der Waals surface area contributed by atoms with Crippen LogP contribution in [0.3, 0.4) is 0 Å². The number of nitrogens with two attached hydrogens (primary N) is 1. The number of nitrogens with zero attached hydrogens (tertiary/aromatic N) is 3. The van der Waals surface area contributed by atoms with Gasteiger partial charge in [-0.1, -0.05) is 18.2 Å². The average molecular weight is 282 g/mol. The zero-order chi connectivity index (χ0) is 14.5. The Labute approximate surface area is 123 Å². The number of aliphatic imine (C=N–C) groups is 2. The maximum atomic E-state index is 6.01. The average Bonchev–Trinajstić information content (AvgIpc) is 3.21. The lowest BCUT2D eigenvalue weighted by atomic mass is 10.3. The topological polar surface area (TPSA) is 67.1 Å². The molecule has 1 aromatic carbocycles. The van der Waals surface area contributed by atoms with Crippen molar-refractivity contribution in [1.29, 1.82) is 0 Å². The number of benzene rings is 1. The highest BCUT2D eigenvalue weighted by Crippen LogP contribution is 2.16. The van der Waals surface area contributed by atoms with Gasteiger partial charge < -0.3 is 15.1 Å². The predicted molar refractivity (Wildman–Crippen MR) is 83.8 cm³/mol. The van der Waals surface area contributed by atoms with Crippen molar-refractivity contribution in [2.45, 2.75) is 12.8 Å². The maximum absolute atomic E-state index is 6.01. The molecular formula is C16H18N4O. The highest BCUT2D eigenvalue weighted by molar-refractivity contribution is 6.03. The van der Waals surface area contributed by atoms with E-state index in [9.17, 15) is 0 Å². The van der Waals surface area contributed by atoms with Crippen molar-refractivity contribution in [3.8, 4) is 0 Å². The summed E-state index contributed by atoms with van der Waals surface area (Å²) in [5.41, 5.74) is 6.88. The zero-order valence-electron chi connectivity index (χ0n) is 11.8. The predicted octanol–water partition coefficient (Wildman–Crippen LogP) is 2.77. The summed E-state index contributed by atoms with van der Waals surface area (Å²) < 4.78 is 5.28. The molecule has 1 saturated heterocycles.